The van der Waals surface area contributed by atoms with Gasteiger partial charge in [0.25, 0.3) is 0 Å². The van der Waals surface area contributed by atoms with Gasteiger partial charge < -0.3 is 0 Å². The van der Waals surface area contributed by atoms with Crippen molar-refractivity contribution in [3.8, 4) is 0 Å². The Morgan fingerprint density at radius 1 is 0.714 bits per heavy atom. The molecule has 0 N–H and O–H groups in total. The van der Waals surface area contributed by atoms with Gasteiger partial charge in [-0.3, -0.25) is 0 Å². The first-order chi connectivity index (χ1) is 9.63. The predicted octanol–water partition coefficient (Wildman–Crippen LogP) is 2.14. The second-order valence-corrected chi connectivity index (χ2v) is 4.85. The third-order valence-corrected chi connectivity index (χ3v) is 3.00. The lowest BCUT2D eigenvalue weighted by Gasteiger charge is -2.37. The van der Waals surface area contributed by atoms with Crippen LogP contribution in [0.2, 0.25) is 0 Å². The van der Waals surface area contributed by atoms with Gasteiger partial charge in [-0.15, -0.1) is 0 Å². The van der Waals surface area contributed by atoms with E-state index < -0.39 is 14.4 Å². The molecule has 1 rings (SSSR count). The lowest BCUT2D eigenvalue weighted by atomic mass is 10.7. The van der Waals surface area contributed by atoms with Crippen molar-refractivity contribution in [2.24, 2.45) is 0 Å². The molecule has 0 bridgehead atoms. The number of hydroxylamine groups is 16. The monoisotopic (exact) mass is 302 g/mol. The van der Waals surface area contributed by atoms with Gasteiger partial charge >= 0.3 is 0 Å². The second-order valence-electron chi connectivity index (χ2n) is 4.85. The molecule has 0 aromatic heterocycles. The summed E-state index contributed by atoms with van der Waals surface area (Å²) < 4.78 is 0. The Bertz CT molecular complexity index is 449. The third kappa shape index (κ3) is 3.64. The summed E-state index contributed by atoms with van der Waals surface area (Å²) in [4.78, 5) is 21.6. The molecule has 8 nitrogen and oxygen atoms in total. The van der Waals surface area contributed by atoms with Crippen molar-refractivity contribution in [1.29, 1.82) is 0 Å². The zero-order chi connectivity index (χ0) is 16.4. The van der Waals surface area contributed by atoms with Gasteiger partial charge in [-0.05, 0) is 33.2 Å². The maximum Gasteiger partial charge on any atom is 0.174 e. The molecule has 0 radical (unpaired) electrons. The fraction of sp³-hybridized carbons (Fsp3) is 0.385. The average molecular weight is 302 g/mol. The molecule has 0 spiro atoms. The van der Waals surface area contributed by atoms with E-state index >= 15 is 0 Å². The minimum absolute atomic E-state index is 0.294. The number of hydrogen-bond acceptors (Lipinski definition) is 4. The van der Waals surface area contributed by atoms with Crippen LogP contribution >= 0.6 is 0 Å². The molecule has 21 heavy (non-hydrogen) atoms. The van der Waals surface area contributed by atoms with Crippen molar-refractivity contribution in [2.45, 2.75) is 6.92 Å². The summed E-state index contributed by atoms with van der Waals surface area (Å²) in [6, 6.07) is 0. The van der Waals surface area contributed by atoms with Crippen LogP contribution in [0.25, 0.3) is 0 Å². The molecule has 0 aromatic carbocycles. The number of rotatable bonds is 5. The largest absolute Gasteiger partial charge is 0.174 e. The van der Waals surface area contributed by atoms with Crippen LogP contribution in [0.3, 0.4) is 0 Å². The van der Waals surface area contributed by atoms with Crippen molar-refractivity contribution < 1.29 is 39.0 Å². The molecule has 3 unspecified atom stereocenters. The summed E-state index contributed by atoms with van der Waals surface area (Å²) in [5, 5.41) is 0. The van der Waals surface area contributed by atoms with Gasteiger partial charge in [0.05, 0.1) is 34.2 Å². The first kappa shape index (κ1) is 17.7. The standard InChI is InChI=1S/C13H26N4O4/c1-9-14(6)18-15(7,10-2)20-17(12-4,13-5)21-16(8,11-3)19-14/h9-10,12-13H,1-2,4-5,11H2,3,6-8H3/q+4. The van der Waals surface area contributed by atoms with E-state index in [9.17, 15) is 0 Å². The molecule has 0 aromatic rings. The molecule has 1 aliphatic rings. The molecule has 8 heteroatoms. The highest BCUT2D eigenvalue weighted by Gasteiger charge is 2.59. The number of nitrogens with zero attached hydrogens (tertiary/aromatic N) is 4. The second kappa shape index (κ2) is 5.79. The lowest BCUT2D eigenvalue weighted by molar-refractivity contribution is -1.64. The van der Waals surface area contributed by atoms with Crippen LogP contribution in [0, 0.1) is 0 Å². The fourth-order valence-electron chi connectivity index (χ4n) is 1.70. The topological polar surface area (TPSA) is 36.9 Å². The summed E-state index contributed by atoms with van der Waals surface area (Å²) in [6.07, 6.45) is 5.71. The zero-order valence-electron chi connectivity index (χ0n) is 13.3. The molecular formula is C13H26N4O4+4. The zero-order valence-corrected chi connectivity index (χ0v) is 13.3. The predicted molar refractivity (Wildman–Crippen MR) is 74.5 cm³/mol. The summed E-state index contributed by atoms with van der Waals surface area (Å²) in [5.74, 6) is 0. The summed E-state index contributed by atoms with van der Waals surface area (Å²) in [7, 11) is 4.96. The molecule has 1 heterocycles. The summed E-state index contributed by atoms with van der Waals surface area (Å²) in [5.41, 5.74) is 0. The van der Waals surface area contributed by atoms with E-state index in [4.69, 9.17) is 19.8 Å². The van der Waals surface area contributed by atoms with E-state index in [1.165, 1.54) is 24.8 Å². The number of quaternary nitrogens is 4. The Labute approximate surface area is 125 Å². The Morgan fingerprint density at radius 3 is 1.57 bits per heavy atom. The summed E-state index contributed by atoms with van der Waals surface area (Å²) >= 11 is 0. The van der Waals surface area contributed by atoms with Gasteiger partial charge in [-0.2, -0.15) is 0 Å². The Hall–Kier alpha value is -1.36. The van der Waals surface area contributed by atoms with Crippen LogP contribution in [0.5, 0.6) is 0 Å². The van der Waals surface area contributed by atoms with Gasteiger partial charge in [0.2, 0.25) is 0 Å². The third-order valence-electron chi connectivity index (χ3n) is 3.00. The van der Waals surface area contributed by atoms with Crippen molar-refractivity contribution in [1.82, 2.24) is 0 Å². The minimum atomic E-state index is -0.565. The smallest absolute Gasteiger partial charge is 0.0384 e. The molecule has 1 aliphatic heterocycles. The highest BCUT2D eigenvalue weighted by atomic mass is 17.4. The van der Waals surface area contributed by atoms with Gasteiger partial charge in [-0.25, -0.2) is 0 Å². The van der Waals surface area contributed by atoms with E-state index in [2.05, 4.69) is 26.3 Å². The van der Waals surface area contributed by atoms with Gasteiger partial charge in [0, 0.05) is 0 Å². The van der Waals surface area contributed by atoms with Gasteiger partial charge in [-0.1, -0.05) is 0 Å². The van der Waals surface area contributed by atoms with E-state index in [0.717, 1.165) is 0 Å². The van der Waals surface area contributed by atoms with Crippen LogP contribution in [0.15, 0.2) is 51.1 Å². The Balaban J connectivity index is 3.37. The molecule has 0 amide bonds. The molecular weight excluding hydrogens is 276 g/mol. The first-order valence-electron chi connectivity index (χ1n) is 6.49. The van der Waals surface area contributed by atoms with Crippen molar-refractivity contribution in [2.75, 3.05) is 27.7 Å². The first-order valence-corrected chi connectivity index (χ1v) is 6.49. The van der Waals surface area contributed by atoms with Crippen LogP contribution in [-0.2, 0) is 19.8 Å². The Morgan fingerprint density at radius 2 is 1.19 bits per heavy atom. The van der Waals surface area contributed by atoms with Crippen LogP contribution in [0.4, 0.5) is 0 Å². The minimum Gasteiger partial charge on any atom is -0.0384 e. The highest BCUT2D eigenvalue weighted by Crippen LogP contribution is 2.31. The molecule has 118 valence electrons. The lowest BCUT2D eigenvalue weighted by Crippen LogP contribution is -2.67. The highest BCUT2D eigenvalue weighted by molar-refractivity contribution is 4.56. The van der Waals surface area contributed by atoms with E-state index in [0.29, 0.717) is 6.54 Å². The average Bonchev–Trinajstić information content (AvgIpc) is 2.45. The molecule has 1 saturated heterocycles. The number of hydrogen-bond donors (Lipinski definition) is 0. The van der Waals surface area contributed by atoms with Crippen LogP contribution in [0.1, 0.15) is 6.92 Å². The van der Waals surface area contributed by atoms with Crippen LogP contribution < -0.4 is 0 Å². The quantitative estimate of drug-likeness (QED) is 0.729. The van der Waals surface area contributed by atoms with Gasteiger partial charge in [0.15, 0.2) is 31.3 Å². The van der Waals surface area contributed by atoms with Crippen molar-refractivity contribution in [3.63, 3.8) is 0 Å². The van der Waals surface area contributed by atoms with Crippen LogP contribution in [-0.4, -0.2) is 46.9 Å². The molecule has 1 fully saturated rings. The van der Waals surface area contributed by atoms with Crippen molar-refractivity contribution in [3.05, 3.63) is 51.1 Å². The maximum atomic E-state index is 5.90. The normalized spacial score (nSPS) is 39.6. The SMILES string of the molecule is C=C[N+]1(C)O[N+](C)(C=C)O[N+](C)(CC)O[N+](C=C)(C=C)O1. The fourth-order valence-corrected chi connectivity index (χ4v) is 1.70. The van der Waals surface area contributed by atoms with E-state index in [1.54, 1.807) is 21.1 Å². The maximum absolute atomic E-state index is 5.90. The van der Waals surface area contributed by atoms with E-state index in [-0.39, 0.29) is 4.81 Å². The summed E-state index contributed by atoms with van der Waals surface area (Å²) in [6.45, 7) is 17.2. The Kier molecular flexibility index (Phi) is 4.88. The van der Waals surface area contributed by atoms with E-state index in [1.807, 2.05) is 6.92 Å². The molecule has 0 saturated carbocycles. The molecule has 3 atom stereocenters. The van der Waals surface area contributed by atoms with Crippen molar-refractivity contribution >= 4 is 0 Å². The molecule has 0 aliphatic carbocycles. The van der Waals surface area contributed by atoms with Gasteiger partial charge in [0.1, 0.15) is 26.0 Å².